The highest BCUT2D eigenvalue weighted by Gasteiger charge is 2.23. The van der Waals surface area contributed by atoms with E-state index in [1.54, 1.807) is 0 Å². The molecule has 6 heteroatoms. The van der Waals surface area contributed by atoms with Gasteiger partial charge in [0.15, 0.2) is 0 Å². The van der Waals surface area contributed by atoms with Gasteiger partial charge in [-0.1, -0.05) is 33.6 Å². The largest absolute Gasteiger partial charge is 0.379 e. The summed E-state index contributed by atoms with van der Waals surface area (Å²) in [5.41, 5.74) is 0. The molecule has 3 atom stereocenters. The summed E-state index contributed by atoms with van der Waals surface area (Å²) in [5, 5.41) is 5.97. The van der Waals surface area contributed by atoms with Crippen molar-refractivity contribution in [1.29, 1.82) is 0 Å². The van der Waals surface area contributed by atoms with E-state index in [0.29, 0.717) is 43.7 Å². The van der Waals surface area contributed by atoms with Gasteiger partial charge in [0.1, 0.15) is 0 Å². The summed E-state index contributed by atoms with van der Waals surface area (Å²) in [6.45, 7) is 12.1. The van der Waals surface area contributed by atoms with Crippen molar-refractivity contribution in [1.82, 2.24) is 15.5 Å². The molecule has 1 heterocycles. The molecule has 0 aromatic rings. The van der Waals surface area contributed by atoms with Crippen LogP contribution in [0.25, 0.3) is 0 Å². The summed E-state index contributed by atoms with van der Waals surface area (Å²) in [7, 11) is 0. The minimum Gasteiger partial charge on any atom is -0.379 e. The Morgan fingerprint density at radius 1 is 1.19 bits per heavy atom. The number of nitrogens with zero attached hydrogens (tertiary/aromatic N) is 1. The van der Waals surface area contributed by atoms with Gasteiger partial charge >= 0.3 is 6.03 Å². The van der Waals surface area contributed by atoms with Crippen molar-refractivity contribution in [2.24, 2.45) is 11.8 Å². The second-order valence-electron chi connectivity index (χ2n) is 8.24. The van der Waals surface area contributed by atoms with Gasteiger partial charge in [0.2, 0.25) is 0 Å². The average Bonchev–Trinajstić information content (AvgIpc) is 2.64. The Morgan fingerprint density at radius 2 is 1.92 bits per heavy atom. The zero-order chi connectivity index (χ0) is 18.8. The average molecular weight is 370 g/mol. The number of hydrogen-bond acceptors (Lipinski definition) is 4. The predicted molar refractivity (Wildman–Crippen MR) is 104 cm³/mol. The van der Waals surface area contributed by atoms with Gasteiger partial charge in [-0.2, -0.15) is 0 Å². The standard InChI is InChI=1S/C20H39N3O3/c1-16(2)14-18(23-9-12-25-13-10-23)15-22-20(24)21-8-11-26-19-7-5-4-6-17(19)3/h16-19H,4-15H2,1-3H3,(H2,21,22,24). The molecule has 0 radical (unpaired) electrons. The number of nitrogens with one attached hydrogen (secondary N) is 2. The first-order chi connectivity index (χ1) is 12.6. The summed E-state index contributed by atoms with van der Waals surface area (Å²) in [4.78, 5) is 14.6. The maximum Gasteiger partial charge on any atom is 0.314 e. The van der Waals surface area contributed by atoms with Crippen LogP contribution < -0.4 is 10.6 Å². The SMILES string of the molecule is CC(C)CC(CNC(=O)NCCOC1CCCCC1C)N1CCOCC1. The van der Waals surface area contributed by atoms with Crippen LogP contribution in [0.15, 0.2) is 0 Å². The fourth-order valence-electron chi connectivity index (χ4n) is 4.03. The number of carbonyl (C=O) groups excluding carboxylic acids is 1. The smallest absolute Gasteiger partial charge is 0.314 e. The van der Waals surface area contributed by atoms with Crippen LogP contribution in [0, 0.1) is 11.8 Å². The van der Waals surface area contributed by atoms with Crippen LogP contribution in [0.4, 0.5) is 4.79 Å². The van der Waals surface area contributed by atoms with E-state index in [-0.39, 0.29) is 6.03 Å². The van der Waals surface area contributed by atoms with Gasteiger partial charge in [-0.15, -0.1) is 0 Å². The van der Waals surface area contributed by atoms with Crippen molar-refractivity contribution in [3.05, 3.63) is 0 Å². The van der Waals surface area contributed by atoms with Crippen LogP contribution in [0.5, 0.6) is 0 Å². The topological polar surface area (TPSA) is 62.8 Å². The van der Waals surface area contributed by atoms with Crippen LogP contribution in [0.2, 0.25) is 0 Å². The third-order valence-corrected chi connectivity index (χ3v) is 5.56. The molecule has 1 aliphatic carbocycles. The molecular weight excluding hydrogens is 330 g/mol. The summed E-state index contributed by atoms with van der Waals surface area (Å²) in [6.07, 6.45) is 6.46. The minimum absolute atomic E-state index is 0.0905. The molecule has 1 saturated carbocycles. The first-order valence-electron chi connectivity index (χ1n) is 10.5. The van der Waals surface area contributed by atoms with Crippen molar-refractivity contribution >= 4 is 6.03 Å². The molecular formula is C20H39N3O3. The van der Waals surface area contributed by atoms with Crippen molar-refractivity contribution in [3.63, 3.8) is 0 Å². The van der Waals surface area contributed by atoms with Crippen LogP contribution in [-0.4, -0.2) is 69.1 Å². The number of ether oxygens (including phenoxy) is 2. The van der Waals surface area contributed by atoms with Crippen LogP contribution in [0.3, 0.4) is 0 Å². The van der Waals surface area contributed by atoms with E-state index in [0.717, 1.165) is 39.1 Å². The highest BCUT2D eigenvalue weighted by atomic mass is 16.5. The Bertz CT molecular complexity index is 400. The van der Waals surface area contributed by atoms with Gasteiger partial charge in [-0.25, -0.2) is 4.79 Å². The lowest BCUT2D eigenvalue weighted by Crippen LogP contribution is -2.50. The van der Waals surface area contributed by atoms with Crippen molar-refractivity contribution in [3.8, 4) is 0 Å². The van der Waals surface area contributed by atoms with Crippen molar-refractivity contribution in [2.45, 2.75) is 65.0 Å². The quantitative estimate of drug-likeness (QED) is 0.613. The third kappa shape index (κ3) is 7.80. The molecule has 2 N–H and O–H groups in total. The Morgan fingerprint density at radius 3 is 2.62 bits per heavy atom. The normalized spacial score (nSPS) is 25.8. The predicted octanol–water partition coefficient (Wildman–Crippen LogP) is 2.63. The van der Waals surface area contributed by atoms with E-state index in [9.17, 15) is 4.79 Å². The van der Waals surface area contributed by atoms with Gasteiger partial charge in [0.25, 0.3) is 0 Å². The molecule has 0 bridgehead atoms. The van der Waals surface area contributed by atoms with Crippen LogP contribution in [0.1, 0.15) is 52.9 Å². The molecule has 0 spiro atoms. The fraction of sp³-hybridized carbons (Fsp3) is 0.950. The van der Waals surface area contributed by atoms with Crippen LogP contribution in [-0.2, 0) is 9.47 Å². The van der Waals surface area contributed by atoms with Gasteiger partial charge in [0.05, 0.1) is 25.9 Å². The monoisotopic (exact) mass is 369 g/mol. The summed E-state index contributed by atoms with van der Waals surface area (Å²) >= 11 is 0. The first-order valence-corrected chi connectivity index (χ1v) is 10.5. The van der Waals surface area contributed by atoms with Gasteiger partial charge in [-0.3, -0.25) is 4.90 Å². The molecule has 1 saturated heterocycles. The van der Waals surface area contributed by atoms with Gasteiger partial charge in [-0.05, 0) is 31.1 Å². The van der Waals surface area contributed by atoms with Crippen molar-refractivity contribution in [2.75, 3.05) is 46.0 Å². The molecule has 2 aliphatic rings. The summed E-state index contributed by atoms with van der Waals surface area (Å²) < 4.78 is 11.4. The maximum atomic E-state index is 12.1. The number of carbonyl (C=O) groups is 1. The zero-order valence-corrected chi connectivity index (χ0v) is 17.0. The van der Waals surface area contributed by atoms with Crippen LogP contribution >= 0.6 is 0 Å². The van der Waals surface area contributed by atoms with E-state index < -0.39 is 0 Å². The molecule has 2 rings (SSSR count). The molecule has 0 aromatic carbocycles. The zero-order valence-electron chi connectivity index (χ0n) is 17.0. The molecule has 1 aliphatic heterocycles. The van der Waals surface area contributed by atoms with E-state index >= 15 is 0 Å². The van der Waals surface area contributed by atoms with E-state index in [1.807, 2.05) is 0 Å². The fourth-order valence-corrected chi connectivity index (χ4v) is 4.03. The first kappa shape index (κ1) is 21.5. The van der Waals surface area contributed by atoms with E-state index in [1.165, 1.54) is 19.3 Å². The van der Waals surface area contributed by atoms with E-state index in [2.05, 4.69) is 36.3 Å². The number of urea groups is 1. The lowest BCUT2D eigenvalue weighted by molar-refractivity contribution is -0.00251. The summed E-state index contributed by atoms with van der Waals surface area (Å²) in [6, 6.07) is 0.288. The molecule has 2 fully saturated rings. The lowest BCUT2D eigenvalue weighted by atomic mass is 9.88. The molecule has 26 heavy (non-hydrogen) atoms. The number of amides is 2. The third-order valence-electron chi connectivity index (χ3n) is 5.56. The molecule has 152 valence electrons. The molecule has 2 amide bonds. The van der Waals surface area contributed by atoms with Gasteiger partial charge < -0.3 is 20.1 Å². The number of morpholine rings is 1. The minimum atomic E-state index is -0.0905. The number of rotatable bonds is 9. The highest BCUT2D eigenvalue weighted by molar-refractivity contribution is 5.73. The number of hydrogen-bond donors (Lipinski definition) is 2. The highest BCUT2D eigenvalue weighted by Crippen LogP contribution is 2.25. The Kier molecular flexibility index (Phi) is 9.72. The van der Waals surface area contributed by atoms with Crippen molar-refractivity contribution < 1.29 is 14.3 Å². The second-order valence-corrected chi connectivity index (χ2v) is 8.24. The Hall–Kier alpha value is -0.850. The van der Waals surface area contributed by atoms with E-state index in [4.69, 9.17) is 9.47 Å². The maximum absolute atomic E-state index is 12.1. The molecule has 6 nitrogen and oxygen atoms in total. The Labute approximate surface area is 159 Å². The molecule has 0 aromatic heterocycles. The Balaban J connectivity index is 1.62. The second kappa shape index (κ2) is 11.8. The summed E-state index contributed by atoms with van der Waals surface area (Å²) in [5.74, 6) is 1.25. The molecule has 3 unspecified atom stereocenters. The lowest BCUT2D eigenvalue weighted by Gasteiger charge is -2.35. The van der Waals surface area contributed by atoms with Gasteiger partial charge in [0, 0.05) is 32.2 Å².